The quantitative estimate of drug-likeness (QED) is 0.763. The lowest BCUT2D eigenvalue weighted by Gasteiger charge is -2.35. The topological polar surface area (TPSA) is 20.3 Å². The molecule has 1 amide bonds. The van der Waals surface area contributed by atoms with Crippen molar-refractivity contribution in [2.75, 3.05) is 13.1 Å². The molecule has 1 aromatic carbocycles. The molecule has 2 rings (SSSR count). The van der Waals surface area contributed by atoms with Crippen molar-refractivity contribution >= 4 is 17.5 Å². The van der Waals surface area contributed by atoms with Gasteiger partial charge in [-0.1, -0.05) is 25.4 Å². The summed E-state index contributed by atoms with van der Waals surface area (Å²) >= 11 is 5.93. The highest BCUT2D eigenvalue weighted by Crippen LogP contribution is 2.25. The van der Waals surface area contributed by atoms with E-state index in [1.54, 1.807) is 0 Å². The molecule has 1 aromatic rings. The lowest BCUT2D eigenvalue weighted by Crippen LogP contribution is -2.42. The molecule has 98 valence electrons. The average Bonchev–Trinajstić information content (AvgIpc) is 2.26. The number of rotatable bonds is 1. The lowest BCUT2D eigenvalue weighted by molar-refractivity contribution is 0.0623. The van der Waals surface area contributed by atoms with E-state index >= 15 is 0 Å². The number of carbonyl (C=O) groups is 1. The van der Waals surface area contributed by atoms with Gasteiger partial charge in [-0.25, -0.2) is 4.39 Å². The van der Waals surface area contributed by atoms with Gasteiger partial charge in [0.25, 0.3) is 5.91 Å². The van der Waals surface area contributed by atoms with Gasteiger partial charge in [0.2, 0.25) is 0 Å². The van der Waals surface area contributed by atoms with E-state index < -0.39 is 5.82 Å². The fourth-order valence-electron chi connectivity index (χ4n) is 2.66. The summed E-state index contributed by atoms with van der Waals surface area (Å²) < 4.78 is 13.0. The van der Waals surface area contributed by atoms with Crippen LogP contribution in [0.15, 0.2) is 18.2 Å². The fraction of sp³-hybridized carbons (Fsp3) is 0.500. The number of nitrogens with zero attached hydrogens (tertiary/aromatic N) is 1. The van der Waals surface area contributed by atoms with Gasteiger partial charge in [0.05, 0.1) is 10.6 Å². The zero-order chi connectivity index (χ0) is 13.3. The van der Waals surface area contributed by atoms with Crippen LogP contribution in [0.1, 0.15) is 30.6 Å². The Bertz CT molecular complexity index is 453. The Morgan fingerprint density at radius 3 is 2.50 bits per heavy atom. The molecule has 0 spiro atoms. The minimum atomic E-state index is -0.420. The van der Waals surface area contributed by atoms with Gasteiger partial charge in [-0.3, -0.25) is 4.79 Å². The first-order chi connectivity index (χ1) is 8.47. The Balaban J connectivity index is 2.20. The van der Waals surface area contributed by atoms with E-state index in [0.717, 1.165) is 19.5 Å². The van der Waals surface area contributed by atoms with E-state index in [1.807, 2.05) is 4.90 Å². The minimum absolute atomic E-state index is 0.0987. The lowest BCUT2D eigenvalue weighted by atomic mass is 9.91. The average molecular weight is 270 g/mol. The van der Waals surface area contributed by atoms with Gasteiger partial charge in [-0.2, -0.15) is 0 Å². The van der Waals surface area contributed by atoms with Crippen LogP contribution in [0.25, 0.3) is 0 Å². The molecule has 1 saturated heterocycles. The maximum atomic E-state index is 13.0. The number of hydrogen-bond acceptors (Lipinski definition) is 1. The molecule has 18 heavy (non-hydrogen) atoms. The number of amides is 1. The molecule has 0 saturated carbocycles. The van der Waals surface area contributed by atoms with Gasteiger partial charge in [0.15, 0.2) is 0 Å². The molecule has 2 atom stereocenters. The molecule has 0 aromatic heterocycles. The molecule has 2 unspecified atom stereocenters. The Morgan fingerprint density at radius 1 is 1.33 bits per heavy atom. The van der Waals surface area contributed by atoms with Crippen molar-refractivity contribution < 1.29 is 9.18 Å². The first-order valence-electron chi connectivity index (χ1n) is 6.21. The Kier molecular flexibility index (Phi) is 3.91. The number of halogens is 2. The second-order valence-electron chi connectivity index (χ2n) is 5.28. The Hall–Kier alpha value is -1.09. The zero-order valence-corrected chi connectivity index (χ0v) is 11.4. The molecule has 1 aliphatic heterocycles. The van der Waals surface area contributed by atoms with Crippen LogP contribution >= 0.6 is 11.6 Å². The van der Waals surface area contributed by atoms with Crippen molar-refractivity contribution in [3.8, 4) is 0 Å². The monoisotopic (exact) mass is 269 g/mol. The highest BCUT2D eigenvalue weighted by atomic mass is 35.5. The predicted octanol–water partition coefficient (Wildman–Crippen LogP) is 3.60. The zero-order valence-electron chi connectivity index (χ0n) is 10.6. The molecular formula is C14H17ClFNO. The van der Waals surface area contributed by atoms with Crippen LogP contribution in [0.2, 0.25) is 5.02 Å². The molecule has 0 bridgehead atoms. The van der Waals surface area contributed by atoms with E-state index in [9.17, 15) is 9.18 Å². The Morgan fingerprint density at radius 2 is 1.94 bits per heavy atom. The second-order valence-corrected chi connectivity index (χ2v) is 5.69. The van der Waals surface area contributed by atoms with Crippen LogP contribution in [0, 0.1) is 17.7 Å². The van der Waals surface area contributed by atoms with Gasteiger partial charge >= 0.3 is 0 Å². The van der Waals surface area contributed by atoms with Gasteiger partial charge < -0.3 is 4.90 Å². The molecule has 0 N–H and O–H groups in total. The fourth-order valence-corrected chi connectivity index (χ4v) is 2.91. The van der Waals surface area contributed by atoms with Crippen molar-refractivity contribution in [1.82, 2.24) is 4.90 Å². The van der Waals surface area contributed by atoms with Gasteiger partial charge in [0, 0.05) is 13.1 Å². The third-order valence-corrected chi connectivity index (χ3v) is 3.63. The largest absolute Gasteiger partial charge is 0.338 e. The first kappa shape index (κ1) is 13.3. The normalized spacial score (nSPS) is 24.1. The number of carbonyl (C=O) groups excluding carboxylic acids is 1. The number of piperidine rings is 1. The van der Waals surface area contributed by atoms with Crippen LogP contribution in [-0.2, 0) is 0 Å². The van der Waals surface area contributed by atoms with E-state index in [0.29, 0.717) is 17.4 Å². The molecule has 2 nitrogen and oxygen atoms in total. The molecule has 4 heteroatoms. The summed E-state index contributed by atoms with van der Waals surface area (Å²) in [6.45, 7) is 5.78. The molecule has 0 radical (unpaired) electrons. The molecule has 1 heterocycles. The van der Waals surface area contributed by atoms with E-state index in [2.05, 4.69) is 13.8 Å². The van der Waals surface area contributed by atoms with Crippen LogP contribution < -0.4 is 0 Å². The standard InChI is InChI=1S/C14H17ClFNO/c1-9-5-10(2)8-17(7-9)14(18)12-4-3-11(16)6-13(12)15/h3-4,6,9-10H,5,7-8H2,1-2H3. The third kappa shape index (κ3) is 2.83. The summed E-state index contributed by atoms with van der Waals surface area (Å²) in [7, 11) is 0. The van der Waals surface area contributed by atoms with Crippen LogP contribution in [0.3, 0.4) is 0 Å². The molecule has 1 aliphatic rings. The maximum Gasteiger partial charge on any atom is 0.255 e. The van der Waals surface area contributed by atoms with Crippen molar-refractivity contribution in [3.05, 3.63) is 34.6 Å². The highest BCUT2D eigenvalue weighted by molar-refractivity contribution is 6.33. The van der Waals surface area contributed by atoms with Crippen LogP contribution in [-0.4, -0.2) is 23.9 Å². The second kappa shape index (κ2) is 5.27. The summed E-state index contributed by atoms with van der Waals surface area (Å²) in [6, 6.07) is 3.92. The SMILES string of the molecule is CC1CC(C)CN(C(=O)c2ccc(F)cc2Cl)C1. The minimum Gasteiger partial charge on any atom is -0.338 e. The Labute approximate surface area is 112 Å². The summed E-state index contributed by atoms with van der Waals surface area (Å²) in [5.41, 5.74) is 0.388. The summed E-state index contributed by atoms with van der Waals surface area (Å²) in [6.07, 6.45) is 1.14. The van der Waals surface area contributed by atoms with Crippen molar-refractivity contribution in [3.63, 3.8) is 0 Å². The van der Waals surface area contributed by atoms with Crippen LogP contribution in [0.4, 0.5) is 4.39 Å². The smallest absolute Gasteiger partial charge is 0.255 e. The van der Waals surface area contributed by atoms with E-state index in [1.165, 1.54) is 18.2 Å². The molecule has 1 fully saturated rings. The van der Waals surface area contributed by atoms with Gasteiger partial charge in [-0.05, 0) is 36.5 Å². The third-order valence-electron chi connectivity index (χ3n) is 3.32. The van der Waals surface area contributed by atoms with Crippen molar-refractivity contribution in [2.45, 2.75) is 20.3 Å². The summed E-state index contributed by atoms with van der Waals surface area (Å²) in [4.78, 5) is 14.2. The van der Waals surface area contributed by atoms with Gasteiger partial charge in [0.1, 0.15) is 5.82 Å². The number of hydrogen-bond donors (Lipinski definition) is 0. The summed E-state index contributed by atoms with van der Waals surface area (Å²) in [5, 5.41) is 0.186. The van der Waals surface area contributed by atoms with Crippen molar-refractivity contribution in [1.29, 1.82) is 0 Å². The summed E-state index contributed by atoms with van der Waals surface area (Å²) in [5.74, 6) is 0.476. The maximum absolute atomic E-state index is 13.0. The first-order valence-corrected chi connectivity index (χ1v) is 6.59. The van der Waals surface area contributed by atoms with Crippen molar-refractivity contribution in [2.24, 2.45) is 11.8 Å². The number of likely N-dealkylation sites (tertiary alicyclic amines) is 1. The highest BCUT2D eigenvalue weighted by Gasteiger charge is 2.27. The van der Waals surface area contributed by atoms with Crippen LogP contribution in [0.5, 0.6) is 0 Å². The van der Waals surface area contributed by atoms with E-state index in [4.69, 9.17) is 11.6 Å². The molecule has 0 aliphatic carbocycles. The van der Waals surface area contributed by atoms with E-state index in [-0.39, 0.29) is 10.9 Å². The molecular weight excluding hydrogens is 253 g/mol. The van der Waals surface area contributed by atoms with Gasteiger partial charge in [-0.15, -0.1) is 0 Å². The predicted molar refractivity (Wildman–Crippen MR) is 70.3 cm³/mol. The number of benzene rings is 1.